The van der Waals surface area contributed by atoms with Crippen molar-refractivity contribution in [1.29, 1.82) is 0 Å². The molecule has 3 nitrogen and oxygen atoms in total. The van der Waals surface area contributed by atoms with Crippen LogP contribution in [-0.2, 0) is 6.54 Å². The largest absolute Gasteiger partial charge is 0.313 e. The van der Waals surface area contributed by atoms with Gasteiger partial charge in [0.25, 0.3) is 0 Å². The second-order valence-corrected chi connectivity index (χ2v) is 5.40. The van der Waals surface area contributed by atoms with Gasteiger partial charge in [0, 0.05) is 11.4 Å². The van der Waals surface area contributed by atoms with Crippen LogP contribution in [-0.4, -0.2) is 14.8 Å². The summed E-state index contributed by atoms with van der Waals surface area (Å²) in [5, 5.41) is 8.16. The molecule has 2 aromatic rings. The third kappa shape index (κ3) is 2.26. The molecule has 0 aliphatic heterocycles. The number of aromatic nitrogens is 3. The molecule has 0 radical (unpaired) electrons. The van der Waals surface area contributed by atoms with E-state index in [-0.39, 0.29) is 0 Å². The fraction of sp³-hybridized carbons (Fsp3) is 0.455. The molecule has 0 unspecified atom stereocenters. The zero-order chi connectivity index (χ0) is 10.8. The monoisotopic (exact) mass is 221 g/mol. The lowest BCUT2D eigenvalue weighted by atomic mass is 10.2. The van der Waals surface area contributed by atoms with E-state index in [0.717, 1.165) is 12.4 Å². The average molecular weight is 221 g/mol. The zero-order valence-electron chi connectivity index (χ0n) is 9.27. The zero-order valence-corrected chi connectivity index (χ0v) is 10.1. The molecule has 0 aliphatic carbocycles. The van der Waals surface area contributed by atoms with E-state index in [9.17, 15) is 0 Å². The molecule has 4 heteroatoms. The van der Waals surface area contributed by atoms with Gasteiger partial charge in [-0.1, -0.05) is 13.8 Å². The number of hydrogen-bond acceptors (Lipinski definition) is 3. The van der Waals surface area contributed by atoms with Gasteiger partial charge in [0.1, 0.15) is 6.33 Å². The third-order valence-electron chi connectivity index (χ3n) is 2.14. The molecule has 2 aromatic heterocycles. The Kier molecular flexibility index (Phi) is 2.86. The molecule has 0 aliphatic rings. The number of hydrogen-bond donors (Lipinski definition) is 0. The third-order valence-corrected chi connectivity index (χ3v) is 3.13. The Hall–Kier alpha value is -1.16. The van der Waals surface area contributed by atoms with Gasteiger partial charge in [-0.2, -0.15) is 0 Å². The van der Waals surface area contributed by atoms with Crippen molar-refractivity contribution in [3.63, 3.8) is 0 Å². The Morgan fingerprint density at radius 2 is 2.20 bits per heavy atom. The number of rotatable bonds is 3. The minimum absolute atomic E-state index is 0.612. The van der Waals surface area contributed by atoms with E-state index in [2.05, 4.69) is 47.7 Å². The number of aryl methyl sites for hydroxylation is 1. The van der Waals surface area contributed by atoms with Crippen molar-refractivity contribution in [2.75, 3.05) is 0 Å². The first-order valence-corrected chi connectivity index (χ1v) is 5.93. The predicted molar refractivity (Wildman–Crippen MR) is 62.9 cm³/mol. The van der Waals surface area contributed by atoms with Gasteiger partial charge in [-0.05, 0) is 25.0 Å². The molecule has 2 rings (SSSR count). The number of thiophene rings is 1. The van der Waals surface area contributed by atoms with E-state index in [0.29, 0.717) is 5.92 Å². The molecule has 0 saturated carbocycles. The minimum Gasteiger partial charge on any atom is -0.313 e. The molecule has 0 fully saturated rings. The van der Waals surface area contributed by atoms with Crippen LogP contribution in [0.1, 0.15) is 18.7 Å². The van der Waals surface area contributed by atoms with Gasteiger partial charge in [-0.15, -0.1) is 21.5 Å². The van der Waals surface area contributed by atoms with Crippen LogP contribution in [0.4, 0.5) is 0 Å². The summed E-state index contributed by atoms with van der Waals surface area (Å²) in [6.45, 7) is 7.48. The maximum absolute atomic E-state index is 4.18. The van der Waals surface area contributed by atoms with Crippen LogP contribution in [0.15, 0.2) is 18.5 Å². The maximum Gasteiger partial charge on any atom is 0.173 e. The standard InChI is InChI=1S/C11H15N3S/c1-8(2)6-14-7-12-13-11(14)10-5-4-9(3)15-10/h4-5,7-8H,6H2,1-3H3. The van der Waals surface area contributed by atoms with Crippen molar-refractivity contribution in [1.82, 2.24) is 14.8 Å². The van der Waals surface area contributed by atoms with Crippen molar-refractivity contribution >= 4 is 11.3 Å². The highest BCUT2D eigenvalue weighted by molar-refractivity contribution is 7.15. The molecule has 0 saturated heterocycles. The Bertz CT molecular complexity index is 442. The molecule has 0 amide bonds. The fourth-order valence-corrected chi connectivity index (χ4v) is 2.40. The Morgan fingerprint density at radius 3 is 2.80 bits per heavy atom. The molecule has 15 heavy (non-hydrogen) atoms. The first-order chi connectivity index (χ1) is 7.16. The van der Waals surface area contributed by atoms with Gasteiger partial charge >= 0.3 is 0 Å². The second-order valence-electron chi connectivity index (χ2n) is 4.11. The molecule has 0 spiro atoms. The topological polar surface area (TPSA) is 30.7 Å². The summed E-state index contributed by atoms with van der Waals surface area (Å²) < 4.78 is 2.12. The summed E-state index contributed by atoms with van der Waals surface area (Å²) >= 11 is 1.76. The van der Waals surface area contributed by atoms with Crippen LogP contribution in [0.5, 0.6) is 0 Å². The first kappa shape index (κ1) is 10.4. The molecule has 2 heterocycles. The van der Waals surface area contributed by atoms with Crippen LogP contribution in [0.2, 0.25) is 0 Å². The van der Waals surface area contributed by atoms with E-state index in [1.807, 2.05) is 6.33 Å². The van der Waals surface area contributed by atoms with Crippen molar-refractivity contribution in [2.45, 2.75) is 27.3 Å². The van der Waals surface area contributed by atoms with E-state index in [1.54, 1.807) is 11.3 Å². The smallest absolute Gasteiger partial charge is 0.173 e. The van der Waals surface area contributed by atoms with Crippen LogP contribution in [0.3, 0.4) is 0 Å². The molecule has 0 N–H and O–H groups in total. The average Bonchev–Trinajstić information content (AvgIpc) is 2.72. The van der Waals surface area contributed by atoms with Gasteiger partial charge in [-0.3, -0.25) is 0 Å². The van der Waals surface area contributed by atoms with Gasteiger partial charge in [0.2, 0.25) is 0 Å². The first-order valence-electron chi connectivity index (χ1n) is 5.11. The van der Waals surface area contributed by atoms with Crippen molar-refractivity contribution < 1.29 is 0 Å². The van der Waals surface area contributed by atoms with Crippen molar-refractivity contribution in [2.24, 2.45) is 5.92 Å². The molecule has 0 bridgehead atoms. The lowest BCUT2D eigenvalue weighted by Crippen LogP contribution is -2.04. The summed E-state index contributed by atoms with van der Waals surface area (Å²) in [4.78, 5) is 2.51. The number of nitrogens with zero attached hydrogens (tertiary/aromatic N) is 3. The highest BCUT2D eigenvalue weighted by Gasteiger charge is 2.09. The Balaban J connectivity index is 2.32. The Morgan fingerprint density at radius 1 is 1.40 bits per heavy atom. The van der Waals surface area contributed by atoms with E-state index in [1.165, 1.54) is 9.75 Å². The van der Waals surface area contributed by atoms with Gasteiger partial charge < -0.3 is 4.57 Å². The lowest BCUT2D eigenvalue weighted by Gasteiger charge is -2.07. The quantitative estimate of drug-likeness (QED) is 0.797. The normalized spacial score (nSPS) is 11.2. The maximum atomic E-state index is 4.18. The van der Waals surface area contributed by atoms with E-state index in [4.69, 9.17) is 0 Å². The predicted octanol–water partition coefficient (Wildman–Crippen LogP) is 2.97. The van der Waals surface area contributed by atoms with Crippen LogP contribution in [0, 0.1) is 12.8 Å². The minimum atomic E-state index is 0.612. The summed E-state index contributed by atoms with van der Waals surface area (Å²) in [5.41, 5.74) is 0. The molecular weight excluding hydrogens is 206 g/mol. The van der Waals surface area contributed by atoms with Crippen molar-refractivity contribution in [3.05, 3.63) is 23.3 Å². The lowest BCUT2D eigenvalue weighted by molar-refractivity contribution is 0.525. The van der Waals surface area contributed by atoms with Gasteiger partial charge in [0.05, 0.1) is 4.88 Å². The van der Waals surface area contributed by atoms with Gasteiger partial charge in [-0.25, -0.2) is 0 Å². The second kappa shape index (κ2) is 4.14. The highest BCUT2D eigenvalue weighted by atomic mass is 32.1. The SMILES string of the molecule is Cc1ccc(-c2nncn2CC(C)C)s1. The molecule has 0 aromatic carbocycles. The molecule has 0 atom stereocenters. The summed E-state index contributed by atoms with van der Waals surface area (Å²) in [5.74, 6) is 1.60. The summed E-state index contributed by atoms with van der Waals surface area (Å²) in [6.07, 6.45) is 1.81. The summed E-state index contributed by atoms with van der Waals surface area (Å²) in [6, 6.07) is 4.23. The summed E-state index contributed by atoms with van der Waals surface area (Å²) in [7, 11) is 0. The molecule has 80 valence electrons. The van der Waals surface area contributed by atoms with E-state index < -0.39 is 0 Å². The molecular formula is C11H15N3S. The fourth-order valence-electron chi connectivity index (χ4n) is 1.53. The van der Waals surface area contributed by atoms with Crippen LogP contribution in [0.25, 0.3) is 10.7 Å². The van der Waals surface area contributed by atoms with E-state index >= 15 is 0 Å². The van der Waals surface area contributed by atoms with Crippen LogP contribution < -0.4 is 0 Å². The Labute approximate surface area is 93.8 Å². The highest BCUT2D eigenvalue weighted by Crippen LogP contribution is 2.26. The van der Waals surface area contributed by atoms with Crippen molar-refractivity contribution in [3.8, 4) is 10.7 Å². The van der Waals surface area contributed by atoms with Gasteiger partial charge in [0.15, 0.2) is 5.82 Å². The van der Waals surface area contributed by atoms with Crippen LogP contribution >= 0.6 is 11.3 Å².